The number of hydrogen-bond acceptors (Lipinski definition) is 6. The summed E-state index contributed by atoms with van der Waals surface area (Å²) < 4.78 is 19.5. The molecule has 0 aliphatic carbocycles. The third-order valence-electron chi connectivity index (χ3n) is 6.81. The first kappa shape index (κ1) is 26.4. The van der Waals surface area contributed by atoms with Crippen molar-refractivity contribution in [1.29, 1.82) is 0 Å². The van der Waals surface area contributed by atoms with Gasteiger partial charge < -0.3 is 14.2 Å². The molecule has 0 aromatic heterocycles. The van der Waals surface area contributed by atoms with E-state index >= 15 is 0 Å². The minimum atomic E-state index is -0.701. The van der Waals surface area contributed by atoms with Crippen LogP contribution in [0.1, 0.15) is 38.8 Å². The highest BCUT2D eigenvalue weighted by molar-refractivity contribution is 7.99. The van der Waals surface area contributed by atoms with Gasteiger partial charge in [-0.05, 0) is 29.0 Å². The predicted octanol–water partition coefficient (Wildman–Crippen LogP) is 5.49. The van der Waals surface area contributed by atoms with Crippen molar-refractivity contribution in [2.75, 3.05) is 5.75 Å². The summed E-state index contributed by atoms with van der Waals surface area (Å²) in [4.78, 5) is 28.6. The molecule has 2 heterocycles. The lowest BCUT2D eigenvalue weighted by molar-refractivity contribution is -0.200. The van der Waals surface area contributed by atoms with E-state index < -0.39 is 29.8 Å². The average molecular weight is 530 g/mol. The normalized spacial score (nSPS) is 24.9. The second-order valence-corrected chi connectivity index (χ2v) is 10.6. The van der Waals surface area contributed by atoms with Gasteiger partial charge in [-0.25, -0.2) is 0 Å². The molecule has 0 radical (unpaired) electrons. The molecule has 38 heavy (non-hydrogen) atoms. The third-order valence-corrected chi connectivity index (χ3v) is 7.86. The molecule has 2 aliphatic rings. The minimum absolute atomic E-state index is 0.295. The highest BCUT2D eigenvalue weighted by Gasteiger charge is 2.54. The quantitative estimate of drug-likeness (QED) is 0.256. The van der Waals surface area contributed by atoms with Crippen LogP contribution in [0.3, 0.4) is 0 Å². The first-order chi connectivity index (χ1) is 18.6. The molecular formula is C31H31NO5S. The van der Waals surface area contributed by atoms with Gasteiger partial charge in [0.15, 0.2) is 0 Å². The van der Waals surface area contributed by atoms with Crippen molar-refractivity contribution >= 4 is 23.6 Å². The largest absolute Gasteiger partial charge is 0.368 e. The molecule has 0 N–H and O–H groups in total. The molecule has 0 saturated carbocycles. The van der Waals surface area contributed by atoms with Crippen molar-refractivity contribution < 1.29 is 23.8 Å². The Balaban J connectivity index is 1.52. The number of benzene rings is 3. The first-order valence-corrected chi connectivity index (χ1v) is 13.8. The van der Waals surface area contributed by atoms with Crippen molar-refractivity contribution in [2.24, 2.45) is 0 Å². The van der Waals surface area contributed by atoms with Crippen LogP contribution in [0.15, 0.2) is 97.6 Å². The smallest absolute Gasteiger partial charge is 0.262 e. The monoisotopic (exact) mass is 529 g/mol. The van der Waals surface area contributed by atoms with E-state index in [2.05, 4.69) is 6.58 Å². The van der Waals surface area contributed by atoms with Gasteiger partial charge in [0.1, 0.15) is 29.8 Å². The maximum atomic E-state index is 13.6. The molecule has 2 unspecified atom stereocenters. The Kier molecular flexibility index (Phi) is 8.39. The van der Waals surface area contributed by atoms with E-state index in [0.29, 0.717) is 24.3 Å². The number of ether oxygens (including phenoxy) is 3. The van der Waals surface area contributed by atoms with Crippen LogP contribution in [0.2, 0.25) is 0 Å². The van der Waals surface area contributed by atoms with Crippen molar-refractivity contribution in [1.82, 2.24) is 4.90 Å². The van der Waals surface area contributed by atoms with E-state index in [1.165, 1.54) is 16.7 Å². The van der Waals surface area contributed by atoms with Crippen LogP contribution in [-0.2, 0) is 27.4 Å². The zero-order valence-corrected chi connectivity index (χ0v) is 22.1. The van der Waals surface area contributed by atoms with Gasteiger partial charge in [0.2, 0.25) is 0 Å². The van der Waals surface area contributed by atoms with Crippen LogP contribution in [0.5, 0.6) is 0 Å². The van der Waals surface area contributed by atoms with E-state index in [1.807, 2.05) is 67.6 Å². The molecule has 6 nitrogen and oxygen atoms in total. The molecule has 5 atom stereocenters. The number of rotatable bonds is 10. The molecule has 2 aliphatic heterocycles. The summed E-state index contributed by atoms with van der Waals surface area (Å²) >= 11 is 1.54. The van der Waals surface area contributed by atoms with Crippen LogP contribution in [-0.4, -0.2) is 52.3 Å². The Morgan fingerprint density at radius 3 is 1.82 bits per heavy atom. The van der Waals surface area contributed by atoms with Gasteiger partial charge in [-0.3, -0.25) is 14.5 Å². The molecule has 1 fully saturated rings. The zero-order chi connectivity index (χ0) is 26.5. The average Bonchev–Trinajstić information content (AvgIpc) is 3.21. The number of carbonyl (C=O) groups excluding carboxylic acids is 2. The second-order valence-electron chi connectivity index (χ2n) is 9.20. The summed E-state index contributed by atoms with van der Waals surface area (Å²) in [6.45, 7) is 6.65. The minimum Gasteiger partial charge on any atom is -0.368 e. The molecule has 2 amide bonds. The van der Waals surface area contributed by atoms with Gasteiger partial charge in [0.05, 0.1) is 24.3 Å². The van der Waals surface area contributed by atoms with E-state index in [9.17, 15) is 9.59 Å². The number of fused-ring (bicyclic) bond motifs is 1. The number of carbonyl (C=O) groups is 2. The van der Waals surface area contributed by atoms with Gasteiger partial charge >= 0.3 is 0 Å². The lowest BCUT2D eigenvalue weighted by Crippen LogP contribution is -2.64. The summed E-state index contributed by atoms with van der Waals surface area (Å²) in [5, 5.41) is 0. The number of amides is 2. The van der Waals surface area contributed by atoms with Crippen molar-refractivity contribution in [3.63, 3.8) is 0 Å². The van der Waals surface area contributed by atoms with Crippen LogP contribution < -0.4 is 0 Å². The Labute approximate surface area is 227 Å². The van der Waals surface area contributed by atoms with Gasteiger partial charge in [-0.15, -0.1) is 18.3 Å². The van der Waals surface area contributed by atoms with Crippen molar-refractivity contribution in [2.45, 2.75) is 49.9 Å². The maximum absolute atomic E-state index is 13.6. The fraction of sp³-hybridized carbons (Fsp3) is 0.290. The van der Waals surface area contributed by atoms with Crippen LogP contribution in [0, 0.1) is 0 Å². The SMILES string of the molecule is C=CC1O[C@@H](SCC)[C@@H](N2C(=O)c3ccccc3C2=O)C(OCc2ccccc2)[C@@H]1OCc1ccccc1. The summed E-state index contributed by atoms with van der Waals surface area (Å²) in [5.74, 6) is 0.0518. The van der Waals surface area contributed by atoms with Crippen LogP contribution in [0.4, 0.5) is 0 Å². The standard InChI is InChI=1S/C31H31NO5S/c1-3-25-27(35-19-21-13-7-5-8-14-21)28(36-20-22-15-9-6-10-16-22)26(31(37-25)38-4-2)32-29(33)23-17-11-12-18-24(23)30(32)34/h3,5-18,25-28,31H,1,4,19-20H2,2H3/t25?,26-,27+,28?,31-/m0/s1. The fourth-order valence-corrected chi connectivity index (χ4v) is 6.01. The van der Waals surface area contributed by atoms with E-state index in [-0.39, 0.29) is 11.8 Å². The number of hydrogen-bond donors (Lipinski definition) is 0. The molecule has 7 heteroatoms. The molecule has 196 valence electrons. The molecule has 0 spiro atoms. The first-order valence-electron chi connectivity index (χ1n) is 12.8. The molecule has 5 rings (SSSR count). The van der Waals surface area contributed by atoms with E-state index in [1.54, 1.807) is 30.3 Å². The third kappa shape index (κ3) is 5.33. The molecular weight excluding hydrogens is 498 g/mol. The van der Waals surface area contributed by atoms with Crippen molar-refractivity contribution in [3.05, 3.63) is 120 Å². The van der Waals surface area contributed by atoms with Gasteiger partial charge in [-0.2, -0.15) is 0 Å². The summed E-state index contributed by atoms with van der Waals surface area (Å²) in [6, 6.07) is 25.9. The topological polar surface area (TPSA) is 65.1 Å². The van der Waals surface area contributed by atoms with Gasteiger partial charge in [-0.1, -0.05) is 85.8 Å². The zero-order valence-electron chi connectivity index (χ0n) is 21.3. The lowest BCUT2D eigenvalue weighted by Gasteiger charge is -2.48. The number of thioether (sulfide) groups is 1. The maximum Gasteiger partial charge on any atom is 0.262 e. The lowest BCUT2D eigenvalue weighted by atomic mass is 9.95. The Bertz CT molecular complexity index is 1230. The highest BCUT2D eigenvalue weighted by atomic mass is 32.2. The fourth-order valence-electron chi connectivity index (χ4n) is 5.00. The second kappa shape index (κ2) is 12.1. The molecule has 3 aromatic rings. The number of nitrogens with zero attached hydrogens (tertiary/aromatic N) is 1. The molecule has 3 aromatic carbocycles. The van der Waals surface area contributed by atoms with Crippen LogP contribution >= 0.6 is 11.8 Å². The Morgan fingerprint density at radius 1 is 0.816 bits per heavy atom. The Morgan fingerprint density at radius 2 is 1.32 bits per heavy atom. The summed E-state index contributed by atoms with van der Waals surface area (Å²) in [6.07, 6.45) is -0.0209. The summed E-state index contributed by atoms with van der Waals surface area (Å²) in [5.41, 5.74) is 2.26. The Hall–Kier alpha value is -3.23. The molecule has 0 bridgehead atoms. The van der Waals surface area contributed by atoms with E-state index in [0.717, 1.165) is 16.9 Å². The number of imide groups is 1. The summed E-state index contributed by atoms with van der Waals surface area (Å²) in [7, 11) is 0. The van der Waals surface area contributed by atoms with Crippen molar-refractivity contribution in [3.8, 4) is 0 Å². The van der Waals surface area contributed by atoms with Gasteiger partial charge in [0, 0.05) is 0 Å². The van der Waals surface area contributed by atoms with Crippen LogP contribution in [0.25, 0.3) is 0 Å². The highest BCUT2D eigenvalue weighted by Crippen LogP contribution is 2.39. The molecule has 1 saturated heterocycles. The van der Waals surface area contributed by atoms with Gasteiger partial charge in [0.25, 0.3) is 11.8 Å². The van der Waals surface area contributed by atoms with E-state index in [4.69, 9.17) is 14.2 Å². The predicted molar refractivity (Wildman–Crippen MR) is 148 cm³/mol.